The highest BCUT2D eigenvalue weighted by Gasteiger charge is 2.57. The summed E-state index contributed by atoms with van der Waals surface area (Å²) in [5.74, 6) is 3.03. The second-order valence-corrected chi connectivity index (χ2v) is 5.59. The van der Waals surface area contributed by atoms with Crippen LogP contribution >= 0.6 is 0 Å². The molecule has 0 heterocycles. The minimum Gasteiger partial charge on any atom is -0.497 e. The van der Waals surface area contributed by atoms with E-state index >= 15 is 0 Å². The Kier molecular flexibility index (Phi) is 3.32. The van der Waals surface area contributed by atoms with E-state index in [4.69, 9.17) is 4.74 Å². The molecule has 0 saturated heterocycles. The first-order chi connectivity index (χ1) is 6.82. The highest BCUT2D eigenvalue weighted by atomic mass is 16.5. The molecule has 1 heteroatoms. The Hall–Kier alpha value is -0.720. The summed E-state index contributed by atoms with van der Waals surface area (Å²) in [5.41, 5.74) is 1.63. The number of hydrogen-bond donors (Lipinski definition) is 0. The van der Waals surface area contributed by atoms with Gasteiger partial charge in [-0.05, 0) is 35.7 Å². The van der Waals surface area contributed by atoms with Crippen LogP contribution < -0.4 is 0 Å². The Morgan fingerprint density at radius 1 is 1.40 bits per heavy atom. The topological polar surface area (TPSA) is 9.23 Å². The Balaban J connectivity index is 2.73. The summed E-state index contributed by atoms with van der Waals surface area (Å²) < 4.78 is 5.14. The molecule has 0 bridgehead atoms. The molecule has 0 aromatic rings. The number of rotatable bonds is 4. The molecule has 0 aliphatic heterocycles. The molecule has 15 heavy (non-hydrogen) atoms. The van der Waals surface area contributed by atoms with Gasteiger partial charge >= 0.3 is 0 Å². The second kappa shape index (κ2) is 4.03. The van der Waals surface area contributed by atoms with Crippen LogP contribution in [0.3, 0.4) is 0 Å². The molecule has 0 amide bonds. The van der Waals surface area contributed by atoms with Gasteiger partial charge in [-0.2, -0.15) is 0 Å². The quantitative estimate of drug-likeness (QED) is 0.501. The Morgan fingerprint density at radius 2 is 1.93 bits per heavy atom. The number of allylic oxidation sites excluding steroid dienone is 2. The van der Waals surface area contributed by atoms with Gasteiger partial charge in [-0.25, -0.2) is 0 Å². The summed E-state index contributed by atoms with van der Waals surface area (Å²) in [5, 5.41) is 0. The minimum absolute atomic E-state index is 0.448. The molecule has 0 N–H and O–H groups in total. The summed E-state index contributed by atoms with van der Waals surface area (Å²) in [7, 11) is 1.68. The van der Waals surface area contributed by atoms with Gasteiger partial charge in [0, 0.05) is 0 Å². The maximum Gasteiger partial charge on any atom is 0.114 e. The van der Waals surface area contributed by atoms with Crippen LogP contribution in [-0.2, 0) is 4.74 Å². The lowest BCUT2D eigenvalue weighted by Gasteiger charge is -2.04. The number of ether oxygens (including phenoxy) is 1. The van der Waals surface area contributed by atoms with E-state index in [0.717, 1.165) is 17.6 Å². The summed E-state index contributed by atoms with van der Waals surface area (Å²) in [4.78, 5) is 0. The second-order valence-electron chi connectivity index (χ2n) is 5.59. The molecule has 0 unspecified atom stereocenters. The van der Waals surface area contributed by atoms with Crippen LogP contribution in [0, 0.1) is 23.2 Å². The van der Waals surface area contributed by atoms with Crippen LogP contribution in [0.15, 0.2) is 24.0 Å². The average molecular weight is 208 g/mol. The molecule has 0 aromatic heterocycles. The van der Waals surface area contributed by atoms with Crippen molar-refractivity contribution in [1.82, 2.24) is 0 Å². The molecule has 1 saturated carbocycles. The highest BCUT2D eigenvalue weighted by Crippen LogP contribution is 2.62. The molecule has 1 rings (SSSR count). The molecule has 1 nitrogen and oxygen atoms in total. The van der Waals surface area contributed by atoms with Crippen molar-refractivity contribution in [2.45, 2.75) is 34.6 Å². The van der Waals surface area contributed by atoms with E-state index < -0.39 is 0 Å². The van der Waals surface area contributed by atoms with Crippen molar-refractivity contribution in [3.63, 3.8) is 0 Å². The summed E-state index contributed by atoms with van der Waals surface area (Å²) in [6, 6.07) is 0. The fourth-order valence-corrected chi connectivity index (χ4v) is 2.83. The summed E-state index contributed by atoms with van der Waals surface area (Å²) >= 11 is 0. The smallest absolute Gasteiger partial charge is 0.114 e. The Labute approximate surface area is 94.2 Å². The molecule has 1 aliphatic carbocycles. The number of methoxy groups -OCH3 is 1. The molecular formula is C14H24O. The standard InChI is InChI=1S/C14H24O/c1-9(2)13-12(14(13,5)6)8-10(3)11(4)15-7/h8-9,12-13H,4H2,1-3,5-7H3/b10-8+/t12-,13-/m1/s1. The fourth-order valence-electron chi connectivity index (χ4n) is 2.83. The number of hydrogen-bond acceptors (Lipinski definition) is 1. The predicted octanol–water partition coefficient (Wildman–Crippen LogP) is 4.02. The van der Waals surface area contributed by atoms with Gasteiger partial charge in [0.25, 0.3) is 0 Å². The predicted molar refractivity (Wildman–Crippen MR) is 65.5 cm³/mol. The zero-order valence-corrected chi connectivity index (χ0v) is 10.9. The summed E-state index contributed by atoms with van der Waals surface area (Å²) in [6.45, 7) is 15.3. The van der Waals surface area contributed by atoms with Gasteiger partial charge in [0.1, 0.15) is 5.76 Å². The normalized spacial score (nSPS) is 29.1. The van der Waals surface area contributed by atoms with E-state index in [0.29, 0.717) is 11.3 Å². The lowest BCUT2D eigenvalue weighted by atomic mass is 10.0. The molecular weight excluding hydrogens is 184 g/mol. The van der Waals surface area contributed by atoms with Gasteiger partial charge in [-0.15, -0.1) is 0 Å². The monoisotopic (exact) mass is 208 g/mol. The van der Waals surface area contributed by atoms with Crippen molar-refractivity contribution in [3.8, 4) is 0 Å². The minimum atomic E-state index is 0.448. The van der Waals surface area contributed by atoms with Crippen molar-refractivity contribution in [2.24, 2.45) is 23.2 Å². The lowest BCUT2D eigenvalue weighted by molar-refractivity contribution is 0.302. The van der Waals surface area contributed by atoms with Crippen molar-refractivity contribution >= 4 is 0 Å². The van der Waals surface area contributed by atoms with Gasteiger partial charge in [0.2, 0.25) is 0 Å². The maximum atomic E-state index is 5.14. The molecule has 0 radical (unpaired) electrons. The first-order valence-corrected chi connectivity index (χ1v) is 5.74. The van der Waals surface area contributed by atoms with Crippen LogP contribution in [0.2, 0.25) is 0 Å². The first kappa shape index (κ1) is 12.4. The van der Waals surface area contributed by atoms with Crippen LogP contribution in [-0.4, -0.2) is 7.11 Å². The zero-order valence-electron chi connectivity index (χ0n) is 10.9. The third kappa shape index (κ3) is 2.27. The Morgan fingerprint density at radius 3 is 2.27 bits per heavy atom. The van der Waals surface area contributed by atoms with Crippen LogP contribution in [0.4, 0.5) is 0 Å². The molecule has 2 atom stereocenters. The first-order valence-electron chi connectivity index (χ1n) is 5.74. The molecule has 0 aromatic carbocycles. The van der Waals surface area contributed by atoms with Crippen molar-refractivity contribution in [2.75, 3.05) is 7.11 Å². The van der Waals surface area contributed by atoms with Crippen LogP contribution in [0.5, 0.6) is 0 Å². The molecule has 0 spiro atoms. The average Bonchev–Trinajstić information content (AvgIpc) is 2.66. The lowest BCUT2D eigenvalue weighted by Crippen LogP contribution is -1.96. The SMILES string of the molecule is C=C(OC)/C(C)=C/[C@@H]1[C@@H](C(C)C)C1(C)C. The van der Waals surface area contributed by atoms with Gasteiger partial charge in [-0.1, -0.05) is 40.3 Å². The van der Waals surface area contributed by atoms with Gasteiger partial charge in [-0.3, -0.25) is 0 Å². The van der Waals surface area contributed by atoms with E-state index in [1.54, 1.807) is 7.11 Å². The van der Waals surface area contributed by atoms with Crippen LogP contribution in [0.25, 0.3) is 0 Å². The summed E-state index contributed by atoms with van der Waals surface area (Å²) in [6.07, 6.45) is 2.33. The van der Waals surface area contributed by atoms with Crippen molar-refractivity contribution < 1.29 is 4.74 Å². The van der Waals surface area contributed by atoms with E-state index in [2.05, 4.69) is 47.3 Å². The van der Waals surface area contributed by atoms with E-state index in [-0.39, 0.29) is 0 Å². The molecule has 86 valence electrons. The largest absolute Gasteiger partial charge is 0.497 e. The molecule has 1 aliphatic rings. The van der Waals surface area contributed by atoms with Gasteiger partial charge < -0.3 is 4.74 Å². The Bertz CT molecular complexity index is 284. The third-order valence-electron chi connectivity index (χ3n) is 3.83. The van der Waals surface area contributed by atoms with E-state index in [9.17, 15) is 0 Å². The highest BCUT2D eigenvalue weighted by molar-refractivity contribution is 5.27. The van der Waals surface area contributed by atoms with Crippen molar-refractivity contribution in [1.29, 1.82) is 0 Å². The van der Waals surface area contributed by atoms with E-state index in [1.165, 1.54) is 5.57 Å². The molecule has 1 fully saturated rings. The van der Waals surface area contributed by atoms with Crippen molar-refractivity contribution in [3.05, 3.63) is 24.0 Å². The van der Waals surface area contributed by atoms with Gasteiger partial charge in [0.15, 0.2) is 0 Å². The van der Waals surface area contributed by atoms with Crippen LogP contribution in [0.1, 0.15) is 34.6 Å². The van der Waals surface area contributed by atoms with E-state index in [1.807, 2.05) is 0 Å². The third-order valence-corrected chi connectivity index (χ3v) is 3.83. The fraction of sp³-hybridized carbons (Fsp3) is 0.714. The van der Waals surface area contributed by atoms with Gasteiger partial charge in [0.05, 0.1) is 7.11 Å². The maximum absolute atomic E-state index is 5.14. The zero-order chi connectivity index (χ0) is 11.8.